The molecule has 0 amide bonds. The van der Waals surface area contributed by atoms with E-state index in [0.717, 1.165) is 12.2 Å². The van der Waals surface area contributed by atoms with E-state index in [2.05, 4.69) is 10.3 Å². The number of methoxy groups -OCH3 is 1. The number of rotatable bonds is 5. The van der Waals surface area contributed by atoms with Crippen LogP contribution in [0.1, 0.15) is 5.69 Å². The van der Waals surface area contributed by atoms with E-state index in [0.29, 0.717) is 18.3 Å². The molecule has 0 saturated carbocycles. The van der Waals surface area contributed by atoms with Crippen LogP contribution in [0.15, 0.2) is 24.4 Å². The van der Waals surface area contributed by atoms with Gasteiger partial charge in [0.2, 0.25) is 0 Å². The standard InChI is InChI=1S/C11H17N3OS/c1-14(11(16)13-7-8-15-2)9-10-5-3-4-6-12-10/h3-6H,7-9H2,1-2H3,(H,13,16). The lowest BCUT2D eigenvalue weighted by atomic mass is 10.3. The van der Waals surface area contributed by atoms with Crippen molar-refractivity contribution in [1.82, 2.24) is 15.2 Å². The molecule has 0 radical (unpaired) electrons. The number of aromatic nitrogens is 1. The SMILES string of the molecule is COCCNC(=S)N(C)Cc1ccccn1. The Morgan fingerprint density at radius 1 is 1.56 bits per heavy atom. The lowest BCUT2D eigenvalue weighted by Crippen LogP contribution is -2.38. The van der Waals surface area contributed by atoms with Crippen LogP contribution in [-0.2, 0) is 11.3 Å². The number of thiocarbonyl (C=S) groups is 1. The van der Waals surface area contributed by atoms with Crippen molar-refractivity contribution in [3.8, 4) is 0 Å². The van der Waals surface area contributed by atoms with Crippen molar-refractivity contribution in [1.29, 1.82) is 0 Å². The summed E-state index contributed by atoms with van der Waals surface area (Å²) in [6.07, 6.45) is 1.78. The van der Waals surface area contributed by atoms with Crippen molar-refractivity contribution in [2.75, 3.05) is 27.3 Å². The molecule has 1 rings (SSSR count). The Kier molecular flexibility index (Phi) is 5.74. The van der Waals surface area contributed by atoms with E-state index >= 15 is 0 Å². The monoisotopic (exact) mass is 239 g/mol. The molecule has 1 aromatic rings. The first kappa shape index (κ1) is 12.9. The number of ether oxygens (including phenoxy) is 1. The predicted octanol–water partition coefficient (Wildman–Crippen LogP) is 1.03. The van der Waals surface area contributed by atoms with Crippen LogP contribution in [0.5, 0.6) is 0 Å². The number of nitrogens with zero attached hydrogens (tertiary/aromatic N) is 2. The first-order chi connectivity index (χ1) is 7.74. The van der Waals surface area contributed by atoms with Gasteiger partial charge in [0.25, 0.3) is 0 Å². The van der Waals surface area contributed by atoms with Crippen LogP contribution in [0.2, 0.25) is 0 Å². The Labute approximate surface area is 102 Å². The van der Waals surface area contributed by atoms with Crippen LogP contribution in [0.25, 0.3) is 0 Å². The summed E-state index contributed by atoms with van der Waals surface area (Å²) in [4.78, 5) is 6.20. The molecule has 1 heterocycles. The molecule has 0 aliphatic rings. The van der Waals surface area contributed by atoms with Gasteiger partial charge in [-0.25, -0.2) is 0 Å². The summed E-state index contributed by atoms with van der Waals surface area (Å²) in [5.74, 6) is 0. The fraction of sp³-hybridized carbons (Fsp3) is 0.455. The van der Waals surface area contributed by atoms with Gasteiger partial charge in [-0.15, -0.1) is 0 Å². The zero-order valence-corrected chi connectivity index (χ0v) is 10.5. The van der Waals surface area contributed by atoms with Gasteiger partial charge >= 0.3 is 0 Å². The number of hydrogen-bond donors (Lipinski definition) is 1. The van der Waals surface area contributed by atoms with Crippen LogP contribution >= 0.6 is 12.2 Å². The van der Waals surface area contributed by atoms with Gasteiger partial charge in [0.15, 0.2) is 5.11 Å². The third-order valence-electron chi connectivity index (χ3n) is 2.05. The number of pyridine rings is 1. The molecule has 4 nitrogen and oxygen atoms in total. The second-order valence-electron chi connectivity index (χ2n) is 3.40. The maximum Gasteiger partial charge on any atom is 0.169 e. The van der Waals surface area contributed by atoms with Gasteiger partial charge in [-0.2, -0.15) is 0 Å². The summed E-state index contributed by atoms with van der Waals surface area (Å²) in [6.45, 7) is 2.08. The van der Waals surface area contributed by atoms with E-state index in [1.807, 2.05) is 30.1 Å². The molecule has 0 aliphatic heterocycles. The largest absolute Gasteiger partial charge is 0.383 e. The van der Waals surface area contributed by atoms with E-state index in [1.54, 1.807) is 13.3 Å². The topological polar surface area (TPSA) is 37.4 Å². The second-order valence-corrected chi connectivity index (χ2v) is 3.79. The molecule has 0 saturated heterocycles. The summed E-state index contributed by atoms with van der Waals surface area (Å²) in [7, 11) is 3.61. The van der Waals surface area contributed by atoms with Crippen molar-refractivity contribution in [2.45, 2.75) is 6.54 Å². The summed E-state index contributed by atoms with van der Waals surface area (Å²) >= 11 is 5.22. The molecule has 0 aliphatic carbocycles. The van der Waals surface area contributed by atoms with Crippen LogP contribution in [0.3, 0.4) is 0 Å². The fourth-order valence-electron chi connectivity index (χ4n) is 1.20. The van der Waals surface area contributed by atoms with Gasteiger partial charge in [0, 0.05) is 26.9 Å². The van der Waals surface area contributed by atoms with Gasteiger partial charge in [0.05, 0.1) is 18.8 Å². The van der Waals surface area contributed by atoms with E-state index < -0.39 is 0 Å². The van der Waals surface area contributed by atoms with Gasteiger partial charge in [-0.05, 0) is 24.4 Å². The highest BCUT2D eigenvalue weighted by molar-refractivity contribution is 7.80. The van der Waals surface area contributed by atoms with Gasteiger partial charge in [0.1, 0.15) is 0 Å². The molecule has 0 spiro atoms. The predicted molar refractivity (Wildman–Crippen MR) is 68.2 cm³/mol. The van der Waals surface area contributed by atoms with E-state index in [9.17, 15) is 0 Å². The Balaban J connectivity index is 2.34. The highest BCUT2D eigenvalue weighted by Crippen LogP contribution is 1.98. The van der Waals surface area contributed by atoms with Crippen LogP contribution < -0.4 is 5.32 Å². The molecule has 16 heavy (non-hydrogen) atoms. The molecular weight excluding hydrogens is 222 g/mol. The van der Waals surface area contributed by atoms with Gasteiger partial charge in [-0.1, -0.05) is 6.07 Å². The molecule has 1 N–H and O–H groups in total. The van der Waals surface area contributed by atoms with Crippen LogP contribution in [0, 0.1) is 0 Å². The van der Waals surface area contributed by atoms with Gasteiger partial charge < -0.3 is 15.0 Å². The molecule has 88 valence electrons. The lowest BCUT2D eigenvalue weighted by Gasteiger charge is -2.20. The molecule has 0 atom stereocenters. The summed E-state index contributed by atoms with van der Waals surface area (Å²) in [5.41, 5.74) is 1.00. The minimum Gasteiger partial charge on any atom is -0.383 e. The minimum atomic E-state index is 0.650. The Hall–Kier alpha value is -1.20. The third-order valence-corrected chi connectivity index (χ3v) is 2.51. The highest BCUT2D eigenvalue weighted by atomic mass is 32.1. The summed E-state index contributed by atoms with van der Waals surface area (Å²) in [6, 6.07) is 5.85. The smallest absolute Gasteiger partial charge is 0.169 e. The maximum absolute atomic E-state index is 5.22. The average Bonchev–Trinajstić information content (AvgIpc) is 2.30. The molecule has 1 aromatic heterocycles. The van der Waals surface area contributed by atoms with Crippen LogP contribution in [-0.4, -0.2) is 42.3 Å². The highest BCUT2D eigenvalue weighted by Gasteiger charge is 2.04. The van der Waals surface area contributed by atoms with Gasteiger partial charge in [-0.3, -0.25) is 4.98 Å². The fourth-order valence-corrected chi connectivity index (χ4v) is 1.37. The Morgan fingerprint density at radius 2 is 2.38 bits per heavy atom. The molecule has 0 bridgehead atoms. The van der Waals surface area contributed by atoms with E-state index in [1.165, 1.54) is 0 Å². The van der Waals surface area contributed by atoms with Crippen LogP contribution in [0.4, 0.5) is 0 Å². The van der Waals surface area contributed by atoms with Crippen molar-refractivity contribution < 1.29 is 4.74 Å². The molecule has 5 heteroatoms. The summed E-state index contributed by atoms with van der Waals surface area (Å²) in [5, 5.41) is 3.82. The first-order valence-electron chi connectivity index (χ1n) is 5.12. The maximum atomic E-state index is 5.22. The first-order valence-corrected chi connectivity index (χ1v) is 5.52. The molecule has 0 aromatic carbocycles. The van der Waals surface area contributed by atoms with Crippen molar-refractivity contribution in [3.05, 3.63) is 30.1 Å². The quantitative estimate of drug-likeness (QED) is 0.614. The summed E-state index contributed by atoms with van der Waals surface area (Å²) < 4.78 is 4.94. The van der Waals surface area contributed by atoms with Crippen molar-refractivity contribution in [2.24, 2.45) is 0 Å². The average molecular weight is 239 g/mol. The third kappa shape index (κ3) is 4.55. The van der Waals surface area contributed by atoms with E-state index in [-0.39, 0.29) is 0 Å². The van der Waals surface area contributed by atoms with Crippen molar-refractivity contribution in [3.63, 3.8) is 0 Å². The zero-order chi connectivity index (χ0) is 11.8. The Morgan fingerprint density at radius 3 is 3.00 bits per heavy atom. The normalized spacial score (nSPS) is 9.88. The number of nitrogens with one attached hydrogen (secondary N) is 1. The molecule has 0 fully saturated rings. The zero-order valence-electron chi connectivity index (χ0n) is 9.64. The molecule has 0 unspecified atom stereocenters. The van der Waals surface area contributed by atoms with E-state index in [4.69, 9.17) is 17.0 Å². The molecular formula is C11H17N3OS. The lowest BCUT2D eigenvalue weighted by molar-refractivity contribution is 0.203. The minimum absolute atomic E-state index is 0.650. The Bertz CT molecular complexity index is 318. The second kappa shape index (κ2) is 7.14. The van der Waals surface area contributed by atoms with Crippen molar-refractivity contribution >= 4 is 17.3 Å². The number of hydrogen-bond acceptors (Lipinski definition) is 3.